The summed E-state index contributed by atoms with van der Waals surface area (Å²) in [6.45, 7) is 3.89. The molecule has 2 aliphatic rings. The molecular formula is C12H21N3O2. The maximum atomic E-state index is 12.1. The van der Waals surface area contributed by atoms with Gasteiger partial charge in [0.05, 0.1) is 0 Å². The van der Waals surface area contributed by atoms with Crippen LogP contribution in [0.3, 0.4) is 0 Å². The third kappa shape index (κ3) is 3.70. The lowest BCUT2D eigenvalue weighted by Gasteiger charge is -2.26. The third-order valence-corrected chi connectivity index (χ3v) is 3.59. The van der Waals surface area contributed by atoms with Crippen molar-refractivity contribution in [3.05, 3.63) is 0 Å². The van der Waals surface area contributed by atoms with E-state index in [1.807, 2.05) is 4.90 Å². The monoisotopic (exact) mass is 239 g/mol. The first-order valence-electron chi connectivity index (χ1n) is 6.51. The van der Waals surface area contributed by atoms with Gasteiger partial charge in [-0.05, 0) is 31.8 Å². The van der Waals surface area contributed by atoms with Crippen molar-refractivity contribution in [1.82, 2.24) is 15.5 Å². The van der Waals surface area contributed by atoms with Crippen molar-refractivity contribution >= 4 is 11.8 Å². The van der Waals surface area contributed by atoms with Crippen LogP contribution in [0.2, 0.25) is 0 Å². The van der Waals surface area contributed by atoms with Gasteiger partial charge in [-0.1, -0.05) is 0 Å². The lowest BCUT2D eigenvalue weighted by molar-refractivity contribution is -0.132. The van der Waals surface area contributed by atoms with Gasteiger partial charge in [0.1, 0.15) is 0 Å². The molecule has 0 aromatic carbocycles. The summed E-state index contributed by atoms with van der Waals surface area (Å²) in [5, 5.41) is 6.09. The van der Waals surface area contributed by atoms with E-state index >= 15 is 0 Å². The Morgan fingerprint density at radius 1 is 1.24 bits per heavy atom. The molecule has 0 aromatic rings. The maximum absolute atomic E-state index is 12.1. The van der Waals surface area contributed by atoms with Crippen LogP contribution in [0.1, 0.15) is 25.7 Å². The first-order chi connectivity index (χ1) is 8.25. The van der Waals surface area contributed by atoms with E-state index in [9.17, 15) is 9.59 Å². The van der Waals surface area contributed by atoms with Gasteiger partial charge in [-0.25, -0.2) is 0 Å². The number of nitrogens with one attached hydrogen (secondary N) is 2. The number of amides is 2. The van der Waals surface area contributed by atoms with Gasteiger partial charge in [0.15, 0.2) is 0 Å². The molecule has 2 aliphatic heterocycles. The first-order valence-corrected chi connectivity index (χ1v) is 6.51. The summed E-state index contributed by atoms with van der Waals surface area (Å²) in [7, 11) is 0. The normalized spacial score (nSPS) is 23.1. The second-order valence-electron chi connectivity index (χ2n) is 4.88. The van der Waals surface area contributed by atoms with Gasteiger partial charge in [-0.2, -0.15) is 0 Å². The summed E-state index contributed by atoms with van der Waals surface area (Å²) in [5.41, 5.74) is 0. The van der Waals surface area contributed by atoms with Crippen LogP contribution in [0, 0.1) is 5.92 Å². The Bertz CT molecular complexity index is 287. The van der Waals surface area contributed by atoms with Gasteiger partial charge < -0.3 is 15.5 Å². The summed E-state index contributed by atoms with van der Waals surface area (Å²) in [4.78, 5) is 25.1. The summed E-state index contributed by atoms with van der Waals surface area (Å²) in [5.74, 6) is 0.797. The second-order valence-corrected chi connectivity index (χ2v) is 4.88. The zero-order chi connectivity index (χ0) is 12.1. The van der Waals surface area contributed by atoms with Crippen molar-refractivity contribution in [3.63, 3.8) is 0 Å². The smallest absolute Gasteiger partial charge is 0.222 e. The van der Waals surface area contributed by atoms with E-state index < -0.39 is 0 Å². The van der Waals surface area contributed by atoms with Crippen LogP contribution in [0.25, 0.3) is 0 Å². The van der Waals surface area contributed by atoms with Crippen LogP contribution in [-0.2, 0) is 9.59 Å². The molecule has 5 nitrogen and oxygen atoms in total. The molecule has 2 heterocycles. The van der Waals surface area contributed by atoms with Crippen LogP contribution in [0.5, 0.6) is 0 Å². The lowest BCUT2D eigenvalue weighted by Crippen LogP contribution is -2.37. The summed E-state index contributed by atoms with van der Waals surface area (Å²) in [6, 6.07) is 0. The number of nitrogens with zero attached hydrogens (tertiary/aromatic N) is 1. The number of carbonyl (C=O) groups is 2. The van der Waals surface area contributed by atoms with Crippen molar-refractivity contribution in [2.24, 2.45) is 5.92 Å². The van der Waals surface area contributed by atoms with E-state index in [0.29, 0.717) is 38.4 Å². The molecule has 0 saturated carbocycles. The molecule has 0 unspecified atom stereocenters. The Morgan fingerprint density at radius 3 is 2.76 bits per heavy atom. The van der Waals surface area contributed by atoms with Crippen LogP contribution < -0.4 is 10.6 Å². The van der Waals surface area contributed by atoms with Crippen molar-refractivity contribution in [2.75, 3.05) is 32.7 Å². The summed E-state index contributed by atoms with van der Waals surface area (Å²) < 4.78 is 0. The van der Waals surface area contributed by atoms with Gasteiger partial charge in [-0.15, -0.1) is 0 Å². The van der Waals surface area contributed by atoms with Gasteiger partial charge in [0.2, 0.25) is 11.8 Å². The topological polar surface area (TPSA) is 61.4 Å². The Kier molecular flexibility index (Phi) is 4.36. The molecule has 17 heavy (non-hydrogen) atoms. The van der Waals surface area contributed by atoms with Crippen molar-refractivity contribution in [2.45, 2.75) is 25.7 Å². The largest absolute Gasteiger partial charge is 0.354 e. The number of hydrogen-bond acceptors (Lipinski definition) is 3. The van der Waals surface area contributed by atoms with Crippen molar-refractivity contribution in [3.8, 4) is 0 Å². The second kappa shape index (κ2) is 6.00. The maximum Gasteiger partial charge on any atom is 0.222 e. The highest BCUT2D eigenvalue weighted by atomic mass is 16.2. The Hall–Kier alpha value is -1.10. The molecule has 0 spiro atoms. The molecular weight excluding hydrogens is 218 g/mol. The molecule has 0 atom stereocenters. The number of piperidine rings is 1. The molecule has 2 saturated heterocycles. The van der Waals surface area contributed by atoms with E-state index in [1.54, 1.807) is 0 Å². The molecule has 0 aliphatic carbocycles. The van der Waals surface area contributed by atoms with Gasteiger partial charge in [0.25, 0.3) is 0 Å². The van der Waals surface area contributed by atoms with Crippen LogP contribution in [-0.4, -0.2) is 49.4 Å². The predicted octanol–water partition coefficient (Wildman–Crippen LogP) is -0.275. The Labute approximate surface area is 102 Å². The average Bonchev–Trinajstić information content (AvgIpc) is 2.55. The Balaban J connectivity index is 1.79. The van der Waals surface area contributed by atoms with E-state index in [4.69, 9.17) is 0 Å². The summed E-state index contributed by atoms with van der Waals surface area (Å²) >= 11 is 0. The summed E-state index contributed by atoms with van der Waals surface area (Å²) in [6.07, 6.45) is 3.28. The van der Waals surface area contributed by atoms with Crippen molar-refractivity contribution < 1.29 is 9.59 Å². The number of hydrogen-bond donors (Lipinski definition) is 2. The third-order valence-electron chi connectivity index (χ3n) is 3.59. The van der Waals surface area contributed by atoms with Crippen LogP contribution >= 0.6 is 0 Å². The van der Waals surface area contributed by atoms with E-state index in [0.717, 1.165) is 25.9 Å². The highest BCUT2D eigenvalue weighted by Crippen LogP contribution is 2.17. The minimum absolute atomic E-state index is 0.0576. The van der Waals surface area contributed by atoms with Gasteiger partial charge >= 0.3 is 0 Å². The quantitative estimate of drug-likeness (QED) is 0.697. The fourth-order valence-electron chi connectivity index (χ4n) is 2.48. The van der Waals surface area contributed by atoms with Crippen LogP contribution in [0.15, 0.2) is 0 Å². The molecule has 0 aromatic heterocycles. The minimum atomic E-state index is 0.0576. The molecule has 2 fully saturated rings. The SMILES string of the molecule is O=C1CCN(C(=O)CC2CCNCC2)CCN1. The Morgan fingerprint density at radius 2 is 2.00 bits per heavy atom. The zero-order valence-corrected chi connectivity index (χ0v) is 10.2. The molecule has 2 N–H and O–H groups in total. The zero-order valence-electron chi connectivity index (χ0n) is 10.2. The first kappa shape index (κ1) is 12.4. The standard InChI is InChI=1S/C12H21N3O2/c16-11-3-7-15(8-6-14-11)12(17)9-10-1-4-13-5-2-10/h10,13H,1-9H2,(H,14,16). The van der Waals surface area contributed by atoms with E-state index in [1.165, 1.54) is 0 Å². The van der Waals surface area contributed by atoms with Crippen molar-refractivity contribution in [1.29, 1.82) is 0 Å². The van der Waals surface area contributed by atoms with E-state index in [2.05, 4.69) is 10.6 Å². The predicted molar refractivity (Wildman–Crippen MR) is 64.4 cm³/mol. The molecule has 5 heteroatoms. The highest BCUT2D eigenvalue weighted by Gasteiger charge is 2.22. The minimum Gasteiger partial charge on any atom is -0.354 e. The lowest BCUT2D eigenvalue weighted by atomic mass is 9.94. The number of carbonyl (C=O) groups excluding carboxylic acids is 2. The highest BCUT2D eigenvalue weighted by molar-refractivity contribution is 5.80. The van der Waals surface area contributed by atoms with Gasteiger partial charge in [0, 0.05) is 32.5 Å². The fraction of sp³-hybridized carbons (Fsp3) is 0.833. The molecule has 0 bridgehead atoms. The average molecular weight is 239 g/mol. The van der Waals surface area contributed by atoms with E-state index in [-0.39, 0.29) is 11.8 Å². The molecule has 96 valence electrons. The fourth-order valence-corrected chi connectivity index (χ4v) is 2.48. The molecule has 2 rings (SSSR count). The molecule has 0 radical (unpaired) electrons. The molecule has 2 amide bonds. The van der Waals surface area contributed by atoms with Crippen LogP contribution in [0.4, 0.5) is 0 Å². The number of rotatable bonds is 2. The van der Waals surface area contributed by atoms with Gasteiger partial charge in [-0.3, -0.25) is 9.59 Å².